The topological polar surface area (TPSA) is 32.7 Å². The molecule has 0 N–H and O–H groups in total. The van der Waals surface area contributed by atoms with Gasteiger partial charge in [0.1, 0.15) is 0 Å². The molecule has 1 aliphatic rings. The quantitative estimate of drug-likeness (QED) is 0.445. The second kappa shape index (κ2) is 6.86. The van der Waals surface area contributed by atoms with Crippen LogP contribution in [0.4, 0.5) is 0 Å². The lowest BCUT2D eigenvalue weighted by Crippen LogP contribution is -2.28. The first-order valence-corrected chi connectivity index (χ1v) is 4.65. The van der Waals surface area contributed by atoms with Gasteiger partial charge in [0.25, 0.3) is 6.08 Å². The molecule has 0 atom stereocenters. The van der Waals surface area contributed by atoms with Gasteiger partial charge < -0.3 is 0 Å². The lowest BCUT2D eigenvalue weighted by atomic mass is 10.0. The SMILES string of the molecule is CC.CC1CCN(N=C=O)CC1. The predicted molar refractivity (Wildman–Crippen MR) is 49.4 cm³/mol. The van der Waals surface area contributed by atoms with Crippen LogP contribution < -0.4 is 0 Å². The Bertz CT molecular complexity index is 145. The first kappa shape index (κ1) is 11.2. The molecule has 0 bridgehead atoms. The van der Waals surface area contributed by atoms with Gasteiger partial charge in [-0.05, 0) is 18.8 Å². The molecule has 0 saturated carbocycles. The van der Waals surface area contributed by atoms with Crippen molar-refractivity contribution in [3.8, 4) is 0 Å². The van der Waals surface area contributed by atoms with Gasteiger partial charge in [0.05, 0.1) is 0 Å². The number of piperidine rings is 1. The Balaban J connectivity index is 0.000000561. The Morgan fingerprint density at radius 3 is 2.25 bits per heavy atom. The highest BCUT2D eigenvalue weighted by Crippen LogP contribution is 2.15. The van der Waals surface area contributed by atoms with Crippen molar-refractivity contribution >= 4 is 6.08 Å². The Hall–Kier alpha value is -0.820. The third-order valence-electron chi connectivity index (χ3n) is 1.94. The van der Waals surface area contributed by atoms with E-state index < -0.39 is 0 Å². The zero-order valence-corrected chi connectivity index (χ0v) is 8.21. The molecule has 3 nitrogen and oxygen atoms in total. The molecule has 1 saturated heterocycles. The minimum atomic E-state index is 0.790. The van der Waals surface area contributed by atoms with E-state index in [2.05, 4.69) is 12.0 Å². The van der Waals surface area contributed by atoms with Crippen LogP contribution >= 0.6 is 0 Å². The van der Waals surface area contributed by atoms with E-state index in [0.717, 1.165) is 31.8 Å². The molecule has 0 aliphatic carbocycles. The van der Waals surface area contributed by atoms with Gasteiger partial charge in [0.15, 0.2) is 0 Å². The molecule has 0 unspecified atom stereocenters. The maximum absolute atomic E-state index is 9.82. The van der Waals surface area contributed by atoms with E-state index in [-0.39, 0.29) is 0 Å². The zero-order valence-electron chi connectivity index (χ0n) is 8.21. The lowest BCUT2D eigenvalue weighted by molar-refractivity contribution is 0.199. The van der Waals surface area contributed by atoms with Gasteiger partial charge in [-0.3, -0.25) is 5.01 Å². The van der Waals surface area contributed by atoms with Crippen molar-refractivity contribution < 1.29 is 4.79 Å². The van der Waals surface area contributed by atoms with Crippen LogP contribution in [0.25, 0.3) is 0 Å². The number of hydrogen-bond acceptors (Lipinski definition) is 3. The highest BCUT2D eigenvalue weighted by atomic mass is 16.1. The summed E-state index contributed by atoms with van der Waals surface area (Å²) in [6.07, 6.45) is 3.84. The zero-order chi connectivity index (χ0) is 9.40. The summed E-state index contributed by atoms with van der Waals surface area (Å²) in [4.78, 5) is 9.82. The van der Waals surface area contributed by atoms with Gasteiger partial charge >= 0.3 is 0 Å². The number of hydrazone groups is 1. The maximum Gasteiger partial charge on any atom is 0.258 e. The van der Waals surface area contributed by atoms with Crippen LogP contribution in [0.5, 0.6) is 0 Å². The monoisotopic (exact) mass is 170 g/mol. The van der Waals surface area contributed by atoms with Crippen LogP contribution in [0, 0.1) is 5.92 Å². The molecule has 1 rings (SSSR count). The number of rotatable bonds is 1. The number of nitrogens with zero attached hydrogens (tertiary/aromatic N) is 2. The standard InChI is InChI=1S/C7H12N2O.C2H6/c1-7-2-4-9(5-3-7)8-6-10;1-2/h7H,2-5H2,1H3;1-2H3. The van der Waals surface area contributed by atoms with Crippen LogP contribution in [-0.2, 0) is 4.79 Å². The molecular weight excluding hydrogens is 152 g/mol. The predicted octanol–water partition coefficient (Wildman–Crippen LogP) is 2.00. The molecule has 12 heavy (non-hydrogen) atoms. The van der Waals surface area contributed by atoms with Crippen LogP contribution in [0.1, 0.15) is 33.6 Å². The summed E-state index contributed by atoms with van der Waals surface area (Å²) in [5.74, 6) is 0.790. The van der Waals surface area contributed by atoms with Gasteiger partial charge in [-0.2, -0.15) is 0 Å². The van der Waals surface area contributed by atoms with Crippen LogP contribution in [0.3, 0.4) is 0 Å². The van der Waals surface area contributed by atoms with E-state index in [4.69, 9.17) is 0 Å². The largest absolute Gasteiger partial charge is 0.286 e. The fourth-order valence-corrected chi connectivity index (χ4v) is 1.15. The molecular formula is C9H18N2O. The first-order valence-electron chi connectivity index (χ1n) is 4.65. The van der Waals surface area contributed by atoms with Crippen molar-refractivity contribution in [3.05, 3.63) is 0 Å². The summed E-state index contributed by atoms with van der Waals surface area (Å²) >= 11 is 0. The van der Waals surface area contributed by atoms with E-state index in [0.29, 0.717) is 0 Å². The summed E-state index contributed by atoms with van der Waals surface area (Å²) in [5, 5.41) is 5.33. The average Bonchev–Trinajstić information content (AvgIpc) is 2.13. The molecule has 70 valence electrons. The van der Waals surface area contributed by atoms with E-state index in [9.17, 15) is 4.79 Å². The minimum absolute atomic E-state index is 0.790. The van der Waals surface area contributed by atoms with Crippen LogP contribution in [-0.4, -0.2) is 24.2 Å². The normalized spacial score (nSPS) is 17.4. The second-order valence-corrected chi connectivity index (χ2v) is 2.83. The van der Waals surface area contributed by atoms with Gasteiger partial charge in [0, 0.05) is 13.1 Å². The van der Waals surface area contributed by atoms with E-state index >= 15 is 0 Å². The summed E-state index contributed by atoms with van der Waals surface area (Å²) in [6.45, 7) is 8.05. The van der Waals surface area contributed by atoms with Crippen molar-refractivity contribution in [1.82, 2.24) is 5.01 Å². The van der Waals surface area contributed by atoms with Gasteiger partial charge in [-0.15, -0.1) is 0 Å². The molecule has 0 aromatic heterocycles. The summed E-state index contributed by atoms with van der Waals surface area (Å²) in [5.41, 5.74) is 0. The summed E-state index contributed by atoms with van der Waals surface area (Å²) in [7, 11) is 0. The number of isocyanates is 1. The molecule has 0 amide bonds. The summed E-state index contributed by atoms with van der Waals surface area (Å²) in [6, 6.07) is 0. The van der Waals surface area contributed by atoms with Gasteiger partial charge in [0.2, 0.25) is 0 Å². The third kappa shape index (κ3) is 4.14. The highest BCUT2D eigenvalue weighted by molar-refractivity contribution is 5.32. The molecule has 3 heteroatoms. The minimum Gasteiger partial charge on any atom is -0.286 e. The van der Waals surface area contributed by atoms with Gasteiger partial charge in [-0.25, -0.2) is 4.79 Å². The van der Waals surface area contributed by atoms with Crippen molar-refractivity contribution in [2.24, 2.45) is 11.0 Å². The van der Waals surface area contributed by atoms with Crippen LogP contribution in [0.15, 0.2) is 5.10 Å². The molecule has 1 aliphatic heterocycles. The van der Waals surface area contributed by atoms with E-state index in [1.54, 1.807) is 11.1 Å². The fourth-order valence-electron chi connectivity index (χ4n) is 1.15. The second-order valence-electron chi connectivity index (χ2n) is 2.83. The smallest absolute Gasteiger partial charge is 0.258 e. The maximum atomic E-state index is 9.82. The Morgan fingerprint density at radius 2 is 1.83 bits per heavy atom. The molecule has 1 heterocycles. The molecule has 0 radical (unpaired) electrons. The van der Waals surface area contributed by atoms with E-state index in [1.807, 2.05) is 13.8 Å². The van der Waals surface area contributed by atoms with Crippen molar-refractivity contribution in [2.75, 3.05) is 13.1 Å². The average molecular weight is 170 g/mol. The first-order chi connectivity index (χ1) is 5.83. The van der Waals surface area contributed by atoms with Gasteiger partial charge in [-0.1, -0.05) is 25.9 Å². The lowest BCUT2D eigenvalue weighted by Gasteiger charge is -2.25. The Kier molecular flexibility index (Phi) is 6.39. The number of carbonyl (C=O) groups excluding carboxylic acids is 1. The number of hydrogen-bond donors (Lipinski definition) is 0. The Labute approximate surface area is 74.4 Å². The summed E-state index contributed by atoms with van der Waals surface area (Å²) < 4.78 is 0. The van der Waals surface area contributed by atoms with Crippen molar-refractivity contribution in [3.63, 3.8) is 0 Å². The van der Waals surface area contributed by atoms with E-state index in [1.165, 1.54) is 0 Å². The fraction of sp³-hybridized carbons (Fsp3) is 0.889. The highest BCUT2D eigenvalue weighted by Gasteiger charge is 2.13. The molecule has 0 aromatic rings. The molecule has 1 fully saturated rings. The molecule has 0 aromatic carbocycles. The molecule has 0 spiro atoms. The van der Waals surface area contributed by atoms with Crippen LogP contribution in [0.2, 0.25) is 0 Å². The Morgan fingerprint density at radius 1 is 1.33 bits per heavy atom. The third-order valence-corrected chi connectivity index (χ3v) is 1.94. The van der Waals surface area contributed by atoms with Crippen molar-refractivity contribution in [2.45, 2.75) is 33.6 Å². The van der Waals surface area contributed by atoms with Crippen molar-refractivity contribution in [1.29, 1.82) is 0 Å².